The summed E-state index contributed by atoms with van der Waals surface area (Å²) >= 11 is 0. The fraction of sp³-hybridized carbons (Fsp3) is 0.913. The highest BCUT2D eigenvalue weighted by Crippen LogP contribution is 2.51. The summed E-state index contributed by atoms with van der Waals surface area (Å²) in [5.41, 5.74) is 0.427. The van der Waals surface area contributed by atoms with Crippen molar-refractivity contribution in [2.24, 2.45) is 0 Å². The fourth-order valence-electron chi connectivity index (χ4n) is 5.24. The van der Waals surface area contributed by atoms with Gasteiger partial charge in [-0.15, -0.1) is 5.10 Å². The molecule has 1 N–H and O–H groups in total. The Morgan fingerprint density at radius 3 is 2.27 bits per heavy atom. The highest BCUT2D eigenvalue weighted by Gasteiger charge is 2.68. The molecule has 0 bridgehead atoms. The lowest BCUT2D eigenvalue weighted by Gasteiger charge is -2.28. The maximum absolute atomic E-state index is 11.6. The summed E-state index contributed by atoms with van der Waals surface area (Å²) < 4.78 is 19.6. The molecular formula is C23H39N3O4. The predicted molar refractivity (Wildman–Crippen MR) is 113 cm³/mol. The number of rotatable bonds is 12. The maximum atomic E-state index is 11.6. The average Bonchev–Trinajstić information content (AvgIpc) is 3.37. The number of hydrogen-bond acceptors (Lipinski definition) is 6. The van der Waals surface area contributed by atoms with Crippen molar-refractivity contribution in [2.75, 3.05) is 0 Å². The molecule has 1 aromatic heterocycles. The summed E-state index contributed by atoms with van der Waals surface area (Å²) in [6, 6.07) is 0. The monoisotopic (exact) mass is 421 g/mol. The lowest BCUT2D eigenvalue weighted by molar-refractivity contribution is -0.228. The molecule has 3 aliphatic heterocycles. The van der Waals surface area contributed by atoms with Crippen LogP contribution in [0.2, 0.25) is 0 Å². The highest BCUT2D eigenvalue weighted by molar-refractivity contribution is 5.30. The van der Waals surface area contributed by atoms with Crippen LogP contribution in [0.25, 0.3) is 0 Å². The van der Waals surface area contributed by atoms with Crippen molar-refractivity contribution >= 4 is 0 Å². The van der Waals surface area contributed by atoms with E-state index in [2.05, 4.69) is 17.2 Å². The first-order valence-electron chi connectivity index (χ1n) is 12.1. The highest BCUT2D eigenvalue weighted by atomic mass is 16.8. The second-order valence-corrected chi connectivity index (χ2v) is 9.73. The van der Waals surface area contributed by atoms with Crippen LogP contribution in [-0.2, 0) is 32.8 Å². The normalized spacial score (nSPS) is 31.1. The van der Waals surface area contributed by atoms with Crippen molar-refractivity contribution in [1.29, 1.82) is 0 Å². The van der Waals surface area contributed by atoms with Crippen molar-refractivity contribution in [3.63, 3.8) is 0 Å². The van der Waals surface area contributed by atoms with Crippen LogP contribution in [0, 0.1) is 0 Å². The standard InChI is InChI=1S/C23H39N3O4/c1-4-5-6-7-8-9-10-11-12-13-14-15-17-19-23(27)18(16-26(19)25-24-17)28-21-20(23)29-22(2,3)30-21/h18,20-21,27H,4-16H2,1-3H3. The van der Waals surface area contributed by atoms with E-state index in [1.807, 2.05) is 13.8 Å². The van der Waals surface area contributed by atoms with Crippen LogP contribution in [0.5, 0.6) is 0 Å². The quantitative estimate of drug-likeness (QED) is 0.509. The van der Waals surface area contributed by atoms with Gasteiger partial charge in [-0.05, 0) is 26.7 Å². The third-order valence-corrected chi connectivity index (χ3v) is 6.82. The van der Waals surface area contributed by atoms with E-state index < -0.39 is 23.8 Å². The van der Waals surface area contributed by atoms with E-state index in [9.17, 15) is 5.11 Å². The van der Waals surface area contributed by atoms with E-state index >= 15 is 0 Å². The molecule has 7 heteroatoms. The molecule has 0 aliphatic carbocycles. The van der Waals surface area contributed by atoms with Crippen molar-refractivity contribution in [2.45, 2.75) is 134 Å². The number of nitrogens with zero attached hydrogens (tertiary/aromatic N) is 3. The smallest absolute Gasteiger partial charge is 0.191 e. The Morgan fingerprint density at radius 1 is 0.967 bits per heavy atom. The van der Waals surface area contributed by atoms with Gasteiger partial charge in [-0.25, -0.2) is 4.68 Å². The molecule has 4 unspecified atom stereocenters. The number of aryl methyl sites for hydroxylation is 1. The Kier molecular flexibility index (Phi) is 6.82. The molecule has 2 saturated heterocycles. The topological polar surface area (TPSA) is 78.6 Å². The van der Waals surface area contributed by atoms with Gasteiger partial charge in [0.15, 0.2) is 17.7 Å². The third-order valence-electron chi connectivity index (χ3n) is 6.82. The molecule has 2 fully saturated rings. The minimum absolute atomic E-state index is 0.384. The van der Waals surface area contributed by atoms with Gasteiger partial charge in [-0.1, -0.05) is 76.3 Å². The molecule has 4 heterocycles. The third kappa shape index (κ3) is 4.31. The van der Waals surface area contributed by atoms with Crippen molar-refractivity contribution in [1.82, 2.24) is 15.0 Å². The first-order chi connectivity index (χ1) is 14.5. The lowest BCUT2D eigenvalue weighted by atomic mass is 9.89. The van der Waals surface area contributed by atoms with Gasteiger partial charge in [0.05, 0.1) is 17.9 Å². The zero-order valence-electron chi connectivity index (χ0n) is 18.9. The van der Waals surface area contributed by atoms with Gasteiger partial charge < -0.3 is 19.3 Å². The van der Waals surface area contributed by atoms with Gasteiger partial charge in [-0.2, -0.15) is 0 Å². The zero-order chi connectivity index (χ0) is 21.2. The minimum atomic E-state index is -1.23. The number of ether oxygens (including phenoxy) is 3. The first-order valence-corrected chi connectivity index (χ1v) is 12.1. The Labute approximate surface area is 180 Å². The lowest BCUT2D eigenvalue weighted by Crippen LogP contribution is -2.44. The molecule has 3 aliphatic rings. The van der Waals surface area contributed by atoms with Crippen molar-refractivity contribution in [3.05, 3.63) is 11.4 Å². The van der Waals surface area contributed by atoms with E-state index in [1.54, 1.807) is 4.68 Å². The van der Waals surface area contributed by atoms with Crippen LogP contribution in [0.4, 0.5) is 0 Å². The number of unbranched alkanes of at least 4 members (excludes halogenated alkanes) is 10. The molecule has 4 atom stereocenters. The van der Waals surface area contributed by atoms with Crippen LogP contribution in [-0.4, -0.2) is 44.4 Å². The molecule has 0 spiro atoms. The Bertz CT molecular complexity index is 707. The van der Waals surface area contributed by atoms with E-state index in [0.29, 0.717) is 6.54 Å². The van der Waals surface area contributed by atoms with Crippen LogP contribution in [0.3, 0.4) is 0 Å². The van der Waals surface area contributed by atoms with Gasteiger partial charge >= 0.3 is 0 Å². The van der Waals surface area contributed by atoms with Gasteiger partial charge in [0.2, 0.25) is 0 Å². The average molecular weight is 422 g/mol. The molecule has 30 heavy (non-hydrogen) atoms. The first kappa shape index (κ1) is 22.2. The number of aromatic nitrogens is 3. The molecule has 0 aromatic carbocycles. The summed E-state index contributed by atoms with van der Waals surface area (Å²) in [6.07, 6.45) is 13.8. The molecule has 170 valence electrons. The predicted octanol–water partition coefficient (Wildman–Crippen LogP) is 4.21. The molecular weight excluding hydrogens is 382 g/mol. The van der Waals surface area contributed by atoms with Gasteiger partial charge in [0, 0.05) is 0 Å². The van der Waals surface area contributed by atoms with Crippen LogP contribution < -0.4 is 0 Å². The largest absolute Gasteiger partial charge is 0.378 e. The molecule has 0 saturated carbocycles. The number of hydrogen-bond donors (Lipinski definition) is 1. The molecule has 7 nitrogen and oxygen atoms in total. The Balaban J connectivity index is 1.22. The minimum Gasteiger partial charge on any atom is -0.378 e. The second kappa shape index (κ2) is 9.23. The fourth-order valence-corrected chi connectivity index (χ4v) is 5.24. The molecule has 0 amide bonds. The summed E-state index contributed by atoms with van der Waals surface area (Å²) in [5, 5.41) is 20.3. The zero-order valence-corrected chi connectivity index (χ0v) is 18.9. The molecule has 1 aromatic rings. The van der Waals surface area contributed by atoms with E-state index in [1.165, 1.54) is 64.2 Å². The Hall–Kier alpha value is -1.02. The number of aliphatic hydroxyl groups is 1. The van der Waals surface area contributed by atoms with Gasteiger partial charge in [0.1, 0.15) is 12.2 Å². The molecule has 0 radical (unpaired) electrons. The number of fused-ring (bicyclic) bond motifs is 5. The van der Waals surface area contributed by atoms with Crippen molar-refractivity contribution < 1.29 is 19.3 Å². The summed E-state index contributed by atoms with van der Waals surface area (Å²) in [6.45, 7) is 6.47. The van der Waals surface area contributed by atoms with E-state index in [0.717, 1.165) is 24.2 Å². The van der Waals surface area contributed by atoms with Crippen LogP contribution in [0.1, 0.15) is 103 Å². The summed E-state index contributed by atoms with van der Waals surface area (Å²) in [7, 11) is 0. The SMILES string of the molecule is CCCCCCCCCCCCCc1nnn2c1C1(O)C(C2)OC2OC(C)(C)OC21. The Morgan fingerprint density at radius 2 is 1.60 bits per heavy atom. The van der Waals surface area contributed by atoms with Crippen molar-refractivity contribution in [3.8, 4) is 0 Å². The van der Waals surface area contributed by atoms with Crippen LogP contribution >= 0.6 is 0 Å². The summed E-state index contributed by atoms with van der Waals surface area (Å²) in [5.74, 6) is -0.757. The van der Waals surface area contributed by atoms with E-state index in [4.69, 9.17) is 14.2 Å². The summed E-state index contributed by atoms with van der Waals surface area (Å²) in [4.78, 5) is 0. The molecule has 4 rings (SSSR count). The van der Waals surface area contributed by atoms with Crippen LogP contribution in [0.15, 0.2) is 0 Å². The van der Waals surface area contributed by atoms with Gasteiger partial charge in [0.25, 0.3) is 0 Å². The van der Waals surface area contributed by atoms with Gasteiger partial charge in [-0.3, -0.25) is 0 Å². The maximum Gasteiger partial charge on any atom is 0.191 e. The van der Waals surface area contributed by atoms with E-state index in [-0.39, 0.29) is 6.10 Å². The second-order valence-electron chi connectivity index (χ2n) is 9.73.